The molecule has 1 amide bonds. The summed E-state index contributed by atoms with van der Waals surface area (Å²) in [5.74, 6) is -2.91. The number of hydrogen-bond acceptors (Lipinski definition) is 5. The smallest absolute Gasteiger partial charge is 0.337 e. The molecule has 1 fully saturated rings. The minimum absolute atomic E-state index is 0.208. The topological polar surface area (TPSA) is 88.6 Å². The van der Waals surface area contributed by atoms with Crippen LogP contribution in [-0.2, 0) is 41.3 Å². The fraction of sp³-hybridized carbons (Fsp3) is 0.345. The van der Waals surface area contributed by atoms with Crippen molar-refractivity contribution in [3.05, 3.63) is 94.3 Å². The molecule has 3 aromatic rings. The number of rotatable bonds is 6. The Morgan fingerprint density at radius 3 is 1.98 bits per heavy atom. The average Bonchev–Trinajstić information content (AvgIpc) is 3.37. The van der Waals surface area contributed by atoms with E-state index in [9.17, 15) is 56.8 Å². The van der Waals surface area contributed by atoms with Crippen LogP contribution in [0.1, 0.15) is 29.5 Å². The van der Waals surface area contributed by atoms with Crippen LogP contribution < -0.4 is 0 Å². The van der Waals surface area contributed by atoms with Crippen LogP contribution in [0.25, 0.3) is 0 Å². The van der Waals surface area contributed by atoms with E-state index in [2.05, 4.69) is 0 Å². The molecule has 1 heterocycles. The molecule has 248 valence electrons. The summed E-state index contributed by atoms with van der Waals surface area (Å²) < 4.78 is 163. The molecule has 2 atom stereocenters. The maximum atomic E-state index is 15.0. The van der Waals surface area contributed by atoms with Gasteiger partial charge < -0.3 is 4.90 Å². The molecule has 46 heavy (non-hydrogen) atoms. The largest absolute Gasteiger partial charge is 0.435 e. The summed E-state index contributed by atoms with van der Waals surface area (Å²) in [7, 11) is -9.00. The van der Waals surface area contributed by atoms with E-state index < -0.39 is 82.8 Å². The van der Waals surface area contributed by atoms with Crippen molar-refractivity contribution in [3.8, 4) is 0 Å². The van der Waals surface area contributed by atoms with E-state index in [1.54, 1.807) is 0 Å². The van der Waals surface area contributed by atoms with E-state index in [1.807, 2.05) is 0 Å². The SMILES string of the molecule is O=C(CS(=O)(=O)c1ccc(Cl)cc1)N1CC[C@@]2(S(=O)(=O)c3ccc(F)cc3)c3ccc(C(F)(C(F)(F)F)C(F)(F)F)cc3CC[C@@H]12. The summed E-state index contributed by atoms with van der Waals surface area (Å²) >= 11 is 5.81. The van der Waals surface area contributed by atoms with E-state index in [0.29, 0.717) is 12.1 Å². The van der Waals surface area contributed by atoms with Crippen LogP contribution in [0.3, 0.4) is 0 Å². The van der Waals surface area contributed by atoms with E-state index in [1.165, 1.54) is 24.3 Å². The van der Waals surface area contributed by atoms with Gasteiger partial charge in [-0.15, -0.1) is 0 Å². The van der Waals surface area contributed by atoms with Gasteiger partial charge in [0.25, 0.3) is 0 Å². The van der Waals surface area contributed by atoms with Crippen LogP contribution in [0.15, 0.2) is 76.5 Å². The Balaban J connectivity index is 1.64. The number of aryl methyl sites for hydroxylation is 1. The molecule has 5 rings (SSSR count). The number of likely N-dealkylation sites (tertiary alicyclic amines) is 1. The molecule has 0 aromatic heterocycles. The Morgan fingerprint density at radius 1 is 0.848 bits per heavy atom. The van der Waals surface area contributed by atoms with Crippen LogP contribution in [0.4, 0.5) is 35.1 Å². The summed E-state index contributed by atoms with van der Waals surface area (Å²) in [4.78, 5) is 13.8. The third-order valence-electron chi connectivity index (χ3n) is 8.48. The zero-order valence-corrected chi connectivity index (χ0v) is 25.6. The Bertz CT molecular complexity index is 1880. The normalized spacial score (nSPS) is 20.7. The predicted molar refractivity (Wildman–Crippen MR) is 149 cm³/mol. The first-order chi connectivity index (χ1) is 21.2. The molecule has 1 aliphatic carbocycles. The van der Waals surface area contributed by atoms with Gasteiger partial charge in [0.15, 0.2) is 19.7 Å². The first-order valence-electron chi connectivity index (χ1n) is 13.4. The molecule has 3 aromatic carbocycles. The second-order valence-corrected chi connectivity index (χ2v) is 15.6. The van der Waals surface area contributed by atoms with Crippen molar-refractivity contribution in [2.24, 2.45) is 0 Å². The minimum atomic E-state index is -6.42. The number of fused-ring (bicyclic) bond motifs is 3. The minimum Gasteiger partial charge on any atom is -0.337 e. The number of hydrogen-bond donors (Lipinski definition) is 0. The average molecular weight is 716 g/mol. The first kappa shape index (κ1) is 34.1. The number of sulfone groups is 2. The molecule has 0 spiro atoms. The van der Waals surface area contributed by atoms with Crippen molar-refractivity contribution < 1.29 is 56.8 Å². The standard InChI is InChI=1S/C29H22ClF8NO5S2/c30-19-3-7-21(8-4-19)45(41,42)16-25(40)39-14-13-26(46(43,44)22-9-5-20(31)6-10-22)23-11-2-18(15-17(23)1-12-24(26)39)27(32,28(33,34)35)29(36,37)38/h2-11,15,24H,1,12-14,16H2/t24-,26-/m1/s1. The molecule has 6 nitrogen and oxygen atoms in total. The van der Waals surface area contributed by atoms with Crippen LogP contribution in [0, 0.1) is 5.82 Å². The second-order valence-electron chi connectivity index (χ2n) is 11.0. The first-order valence-corrected chi connectivity index (χ1v) is 16.9. The molecule has 1 aliphatic heterocycles. The predicted octanol–water partition coefficient (Wildman–Crippen LogP) is 6.46. The highest BCUT2D eigenvalue weighted by molar-refractivity contribution is 7.92. The van der Waals surface area contributed by atoms with Gasteiger partial charge in [-0.05, 0) is 78.9 Å². The molecular weight excluding hydrogens is 694 g/mol. The third-order valence-corrected chi connectivity index (χ3v) is 12.9. The summed E-state index contributed by atoms with van der Waals surface area (Å²) in [5.41, 5.74) is -8.20. The van der Waals surface area contributed by atoms with Gasteiger partial charge in [-0.3, -0.25) is 4.79 Å². The van der Waals surface area contributed by atoms with Crippen molar-refractivity contribution in [1.82, 2.24) is 4.90 Å². The summed E-state index contributed by atoms with van der Waals surface area (Å²) in [5, 5.41) is 0.222. The highest BCUT2D eigenvalue weighted by Gasteiger charge is 2.74. The number of amides is 1. The lowest BCUT2D eigenvalue weighted by molar-refractivity contribution is -0.348. The number of carbonyl (C=O) groups is 1. The third kappa shape index (κ3) is 5.25. The fourth-order valence-corrected chi connectivity index (χ4v) is 10.0. The molecule has 0 radical (unpaired) electrons. The Morgan fingerprint density at radius 2 is 1.41 bits per heavy atom. The highest BCUT2D eigenvalue weighted by atomic mass is 35.5. The van der Waals surface area contributed by atoms with Crippen molar-refractivity contribution in [3.63, 3.8) is 0 Å². The highest BCUT2D eigenvalue weighted by Crippen LogP contribution is 2.56. The van der Waals surface area contributed by atoms with Gasteiger partial charge in [-0.2, -0.15) is 26.3 Å². The van der Waals surface area contributed by atoms with Gasteiger partial charge in [0.1, 0.15) is 16.3 Å². The van der Waals surface area contributed by atoms with Gasteiger partial charge in [0, 0.05) is 17.1 Å². The van der Waals surface area contributed by atoms with Crippen LogP contribution in [0.5, 0.6) is 0 Å². The lowest BCUT2D eigenvalue weighted by Gasteiger charge is -2.43. The van der Waals surface area contributed by atoms with Gasteiger partial charge in [0.2, 0.25) is 5.91 Å². The number of halogens is 9. The van der Waals surface area contributed by atoms with Gasteiger partial charge in [-0.1, -0.05) is 29.8 Å². The quantitative estimate of drug-likeness (QED) is 0.216. The zero-order valence-electron chi connectivity index (χ0n) is 23.2. The summed E-state index contributed by atoms with van der Waals surface area (Å²) in [6.07, 6.45) is -14.0. The summed E-state index contributed by atoms with van der Waals surface area (Å²) in [6.45, 7) is -0.362. The summed E-state index contributed by atoms with van der Waals surface area (Å²) in [6, 6.07) is 8.23. The van der Waals surface area contributed by atoms with Crippen LogP contribution >= 0.6 is 11.6 Å². The van der Waals surface area contributed by atoms with Gasteiger partial charge in [-0.25, -0.2) is 25.6 Å². The second kappa shape index (κ2) is 11.2. The maximum Gasteiger partial charge on any atom is 0.435 e. The van der Waals surface area contributed by atoms with Gasteiger partial charge >= 0.3 is 18.0 Å². The number of nitrogens with zero attached hydrogens (tertiary/aromatic N) is 1. The molecule has 2 aliphatic rings. The van der Waals surface area contributed by atoms with E-state index in [-0.39, 0.29) is 46.5 Å². The molecule has 0 N–H and O–H groups in total. The Kier molecular flexibility index (Phi) is 8.29. The van der Waals surface area contributed by atoms with Crippen LogP contribution in [0.2, 0.25) is 5.02 Å². The molecule has 1 saturated heterocycles. The zero-order chi connectivity index (χ0) is 34.1. The fourth-order valence-electron chi connectivity index (χ4n) is 6.32. The number of alkyl halides is 7. The van der Waals surface area contributed by atoms with E-state index >= 15 is 0 Å². The molecule has 0 saturated carbocycles. The van der Waals surface area contributed by atoms with Crippen molar-refractivity contribution >= 4 is 37.2 Å². The van der Waals surface area contributed by atoms with Crippen molar-refractivity contribution in [1.29, 1.82) is 0 Å². The van der Waals surface area contributed by atoms with Crippen molar-refractivity contribution in [2.75, 3.05) is 12.3 Å². The molecule has 17 heteroatoms. The maximum absolute atomic E-state index is 15.0. The number of carbonyl (C=O) groups excluding carboxylic acids is 1. The molecule has 0 unspecified atom stereocenters. The monoisotopic (exact) mass is 715 g/mol. The number of benzene rings is 3. The molecular formula is C29H22ClF8NO5S2. The van der Waals surface area contributed by atoms with Crippen molar-refractivity contribution in [2.45, 2.75) is 57.9 Å². The van der Waals surface area contributed by atoms with Crippen LogP contribution in [-0.4, -0.2) is 58.3 Å². The lowest BCUT2D eigenvalue weighted by Crippen LogP contribution is -2.53. The Hall–Kier alpha value is -3.24. The Labute approximate surface area is 262 Å². The lowest BCUT2D eigenvalue weighted by atomic mass is 9.77. The van der Waals surface area contributed by atoms with E-state index in [4.69, 9.17) is 11.6 Å². The van der Waals surface area contributed by atoms with E-state index in [0.717, 1.165) is 29.2 Å². The molecule has 0 bridgehead atoms. The van der Waals surface area contributed by atoms with Gasteiger partial charge in [0.05, 0.1) is 15.8 Å².